The zero-order chi connectivity index (χ0) is 24.8. The van der Waals surface area contributed by atoms with Gasteiger partial charge in [-0.15, -0.1) is 0 Å². The summed E-state index contributed by atoms with van der Waals surface area (Å²) in [6.45, 7) is 6.99. The average molecular weight is 470 g/mol. The third kappa shape index (κ3) is 4.18. The maximum absolute atomic E-state index is 15.1. The molecule has 6 nitrogen and oxygen atoms in total. The number of amides is 1. The standard InChI is InChI=1S/C25H25F3N4O2/c1-5-32-12-17-14(24(32)34)6-7-29-23(17)31-13(2)15-8-20(27)16(9-19(15)26)21-10-18(25(3,4)28)22(33)11-30-21/h6-11,13,33H,5,12H2,1-4H3,(H,29,31). The predicted molar refractivity (Wildman–Crippen MR) is 122 cm³/mol. The van der Waals surface area contributed by atoms with Crippen molar-refractivity contribution in [2.75, 3.05) is 11.9 Å². The van der Waals surface area contributed by atoms with Crippen LogP contribution in [0.4, 0.5) is 19.0 Å². The number of hydrogen-bond donors (Lipinski definition) is 2. The predicted octanol–water partition coefficient (Wildman–Crippen LogP) is 5.48. The molecule has 1 aromatic carbocycles. The number of benzene rings is 1. The van der Waals surface area contributed by atoms with E-state index in [1.165, 1.54) is 26.1 Å². The Morgan fingerprint density at radius 3 is 2.59 bits per heavy atom. The molecule has 2 aromatic heterocycles. The van der Waals surface area contributed by atoms with E-state index in [4.69, 9.17) is 0 Å². The summed E-state index contributed by atoms with van der Waals surface area (Å²) in [5.74, 6) is -1.45. The molecule has 0 fully saturated rings. The maximum atomic E-state index is 15.1. The van der Waals surface area contributed by atoms with Gasteiger partial charge in [0.25, 0.3) is 5.91 Å². The van der Waals surface area contributed by atoms with E-state index in [9.17, 15) is 14.3 Å². The highest BCUT2D eigenvalue weighted by molar-refractivity contribution is 5.99. The van der Waals surface area contributed by atoms with Crippen LogP contribution in [0.5, 0.6) is 5.75 Å². The number of carbonyl (C=O) groups is 1. The Labute approximate surface area is 195 Å². The fraction of sp³-hybridized carbons (Fsp3) is 0.320. The lowest BCUT2D eigenvalue weighted by atomic mass is 9.96. The number of halogens is 3. The van der Waals surface area contributed by atoms with Gasteiger partial charge in [0.05, 0.1) is 24.5 Å². The van der Waals surface area contributed by atoms with Gasteiger partial charge < -0.3 is 15.3 Å². The van der Waals surface area contributed by atoms with Crippen LogP contribution >= 0.6 is 0 Å². The molecule has 3 heterocycles. The number of hydrogen-bond acceptors (Lipinski definition) is 5. The summed E-state index contributed by atoms with van der Waals surface area (Å²) in [5.41, 5.74) is -0.804. The van der Waals surface area contributed by atoms with Gasteiger partial charge in [0.15, 0.2) is 0 Å². The van der Waals surface area contributed by atoms with Crippen LogP contribution in [0.3, 0.4) is 0 Å². The molecule has 34 heavy (non-hydrogen) atoms. The first-order valence-electron chi connectivity index (χ1n) is 10.9. The van der Waals surface area contributed by atoms with Crippen LogP contribution in [-0.4, -0.2) is 32.4 Å². The molecular formula is C25H25F3N4O2. The monoisotopic (exact) mass is 470 g/mol. The molecule has 3 aromatic rings. The van der Waals surface area contributed by atoms with E-state index in [-0.39, 0.29) is 34.0 Å². The molecule has 0 spiro atoms. The van der Waals surface area contributed by atoms with Crippen molar-refractivity contribution in [3.63, 3.8) is 0 Å². The molecule has 0 radical (unpaired) electrons. The zero-order valence-electron chi connectivity index (χ0n) is 19.3. The molecule has 1 aliphatic rings. The van der Waals surface area contributed by atoms with Crippen LogP contribution in [0.15, 0.2) is 36.7 Å². The number of aromatic hydroxyl groups is 1. The molecule has 1 atom stereocenters. The Balaban J connectivity index is 1.65. The molecule has 0 saturated heterocycles. The molecule has 178 valence electrons. The van der Waals surface area contributed by atoms with Gasteiger partial charge in [-0.1, -0.05) is 0 Å². The summed E-state index contributed by atoms with van der Waals surface area (Å²) in [4.78, 5) is 22.3. The molecule has 4 rings (SSSR count). The Morgan fingerprint density at radius 2 is 1.91 bits per heavy atom. The lowest BCUT2D eigenvalue weighted by Crippen LogP contribution is -2.22. The molecule has 0 aliphatic carbocycles. The van der Waals surface area contributed by atoms with E-state index in [1.807, 2.05) is 6.92 Å². The van der Waals surface area contributed by atoms with Crippen molar-refractivity contribution in [1.82, 2.24) is 14.9 Å². The lowest BCUT2D eigenvalue weighted by Gasteiger charge is -2.19. The van der Waals surface area contributed by atoms with Gasteiger partial charge in [-0.25, -0.2) is 18.2 Å². The number of alkyl halides is 1. The third-order valence-corrected chi connectivity index (χ3v) is 6.01. The number of nitrogens with zero attached hydrogens (tertiary/aromatic N) is 3. The summed E-state index contributed by atoms with van der Waals surface area (Å²) < 4.78 is 44.6. The summed E-state index contributed by atoms with van der Waals surface area (Å²) in [6, 6.07) is 4.26. The topological polar surface area (TPSA) is 78.3 Å². The lowest BCUT2D eigenvalue weighted by molar-refractivity contribution is 0.0787. The van der Waals surface area contributed by atoms with Crippen LogP contribution in [0.2, 0.25) is 0 Å². The van der Waals surface area contributed by atoms with Gasteiger partial charge in [0.1, 0.15) is 28.9 Å². The minimum Gasteiger partial charge on any atom is -0.506 e. The first kappa shape index (κ1) is 23.5. The summed E-state index contributed by atoms with van der Waals surface area (Å²) in [5, 5.41) is 13.0. The molecular weight excluding hydrogens is 445 g/mol. The van der Waals surface area contributed by atoms with Gasteiger partial charge in [-0.05, 0) is 52.0 Å². The van der Waals surface area contributed by atoms with Gasteiger partial charge in [0.2, 0.25) is 0 Å². The Hall–Kier alpha value is -3.62. The normalized spacial score (nSPS) is 14.3. The largest absolute Gasteiger partial charge is 0.506 e. The van der Waals surface area contributed by atoms with Crippen LogP contribution in [-0.2, 0) is 12.2 Å². The molecule has 0 bridgehead atoms. The van der Waals surface area contributed by atoms with Crippen molar-refractivity contribution >= 4 is 11.7 Å². The van der Waals surface area contributed by atoms with Crippen molar-refractivity contribution in [2.45, 2.75) is 46.0 Å². The second kappa shape index (κ2) is 8.62. The fourth-order valence-corrected chi connectivity index (χ4v) is 4.11. The first-order chi connectivity index (χ1) is 16.0. The van der Waals surface area contributed by atoms with Gasteiger partial charge in [-0.3, -0.25) is 9.78 Å². The average Bonchev–Trinajstić information content (AvgIpc) is 3.11. The van der Waals surface area contributed by atoms with Crippen molar-refractivity contribution in [3.05, 3.63) is 70.5 Å². The Bertz CT molecular complexity index is 1270. The van der Waals surface area contributed by atoms with E-state index < -0.39 is 23.3 Å². The Morgan fingerprint density at radius 1 is 1.18 bits per heavy atom. The van der Waals surface area contributed by atoms with Crippen LogP contribution in [0.1, 0.15) is 60.8 Å². The highest BCUT2D eigenvalue weighted by Crippen LogP contribution is 2.36. The van der Waals surface area contributed by atoms with E-state index >= 15 is 8.78 Å². The minimum absolute atomic E-state index is 0.00259. The second-order valence-corrected chi connectivity index (χ2v) is 8.78. The SMILES string of the molecule is CCN1Cc2c(ccnc2NC(C)c2cc(F)c(-c3cc(C(C)(C)F)c(O)cn3)cc2F)C1=O. The molecule has 9 heteroatoms. The summed E-state index contributed by atoms with van der Waals surface area (Å²) >= 11 is 0. The van der Waals surface area contributed by atoms with Crippen LogP contribution in [0, 0.1) is 11.6 Å². The maximum Gasteiger partial charge on any atom is 0.254 e. The van der Waals surface area contributed by atoms with Crippen LogP contribution in [0.25, 0.3) is 11.3 Å². The minimum atomic E-state index is -1.90. The summed E-state index contributed by atoms with van der Waals surface area (Å²) in [7, 11) is 0. The van der Waals surface area contributed by atoms with Crippen molar-refractivity contribution in [1.29, 1.82) is 0 Å². The third-order valence-electron chi connectivity index (χ3n) is 6.01. The quantitative estimate of drug-likeness (QED) is 0.499. The number of aromatic nitrogens is 2. The van der Waals surface area contributed by atoms with Crippen molar-refractivity contribution < 1.29 is 23.1 Å². The number of pyridine rings is 2. The molecule has 1 unspecified atom stereocenters. The number of carbonyl (C=O) groups excluding carboxylic acids is 1. The molecule has 1 amide bonds. The number of fused-ring (bicyclic) bond motifs is 1. The van der Waals surface area contributed by atoms with E-state index in [2.05, 4.69) is 15.3 Å². The molecule has 1 aliphatic heterocycles. The second-order valence-electron chi connectivity index (χ2n) is 8.78. The molecule has 0 saturated carbocycles. The summed E-state index contributed by atoms with van der Waals surface area (Å²) in [6.07, 6.45) is 2.52. The van der Waals surface area contributed by atoms with Gasteiger partial charge in [-0.2, -0.15) is 0 Å². The number of anilines is 1. The van der Waals surface area contributed by atoms with Crippen LogP contribution < -0.4 is 5.32 Å². The fourth-order valence-electron chi connectivity index (χ4n) is 4.11. The highest BCUT2D eigenvalue weighted by atomic mass is 19.1. The van der Waals surface area contributed by atoms with E-state index in [0.29, 0.717) is 30.0 Å². The number of rotatable bonds is 6. The zero-order valence-corrected chi connectivity index (χ0v) is 19.3. The highest BCUT2D eigenvalue weighted by Gasteiger charge is 2.30. The first-order valence-corrected chi connectivity index (χ1v) is 10.9. The van der Waals surface area contributed by atoms with Gasteiger partial charge in [0, 0.05) is 40.6 Å². The smallest absolute Gasteiger partial charge is 0.254 e. The van der Waals surface area contributed by atoms with E-state index in [0.717, 1.165) is 18.3 Å². The number of nitrogens with one attached hydrogen (secondary N) is 1. The van der Waals surface area contributed by atoms with Crippen molar-refractivity contribution in [3.8, 4) is 17.0 Å². The van der Waals surface area contributed by atoms with E-state index in [1.54, 1.807) is 17.9 Å². The molecule has 2 N–H and O–H groups in total. The van der Waals surface area contributed by atoms with Crippen molar-refractivity contribution in [2.24, 2.45) is 0 Å². The van der Waals surface area contributed by atoms with Gasteiger partial charge >= 0.3 is 0 Å². The Kier molecular flexibility index (Phi) is 5.97.